The number of aliphatic hydroxyl groups is 1. The molecule has 5 nitrogen and oxygen atoms in total. The Morgan fingerprint density at radius 2 is 1.68 bits per heavy atom. The molecule has 6 heteroatoms. The van der Waals surface area contributed by atoms with Gasteiger partial charge in [-0.25, -0.2) is 4.79 Å². The van der Waals surface area contributed by atoms with Crippen LogP contribution in [-0.2, 0) is 18.4 Å². The first-order valence-corrected chi connectivity index (χ1v) is 14.7. The van der Waals surface area contributed by atoms with Crippen molar-refractivity contribution >= 4 is 20.6 Å². The highest BCUT2D eigenvalue weighted by molar-refractivity contribution is 6.65. The number of hydrogen-bond donors (Lipinski definition) is 1. The second kappa shape index (κ2) is 14.8. The molecule has 1 aromatic carbocycles. The van der Waals surface area contributed by atoms with Crippen LogP contribution in [0.3, 0.4) is 0 Å². The SMILES string of the molecule is C.C.CO[Si](C)(CCC1CCC(OC(=O)/C=C/c2ccc(C3CCCCC3)cc2)C(O)C1)OC. The van der Waals surface area contributed by atoms with Crippen LogP contribution in [0.15, 0.2) is 30.3 Å². The van der Waals surface area contributed by atoms with E-state index in [1.807, 2.05) is 0 Å². The summed E-state index contributed by atoms with van der Waals surface area (Å²) in [6, 6.07) is 9.43. The van der Waals surface area contributed by atoms with E-state index in [-0.39, 0.29) is 20.8 Å². The van der Waals surface area contributed by atoms with Gasteiger partial charge in [0.15, 0.2) is 0 Å². The maximum Gasteiger partial charge on any atom is 0.334 e. The fraction of sp³-hybridized carbons (Fsp3) is 0.679. The van der Waals surface area contributed by atoms with E-state index in [1.165, 1.54) is 43.7 Å². The van der Waals surface area contributed by atoms with E-state index >= 15 is 0 Å². The van der Waals surface area contributed by atoms with Crippen LogP contribution in [0.5, 0.6) is 0 Å². The molecule has 0 aromatic heterocycles. The van der Waals surface area contributed by atoms with Gasteiger partial charge in [-0.05, 0) is 80.2 Å². The van der Waals surface area contributed by atoms with E-state index in [1.54, 1.807) is 20.3 Å². The molecule has 2 aliphatic rings. The predicted molar refractivity (Wildman–Crippen MR) is 143 cm³/mol. The minimum absolute atomic E-state index is 0. The van der Waals surface area contributed by atoms with Crippen molar-refractivity contribution in [2.45, 2.75) is 103 Å². The Labute approximate surface area is 209 Å². The molecule has 34 heavy (non-hydrogen) atoms. The van der Waals surface area contributed by atoms with Crippen molar-refractivity contribution in [2.75, 3.05) is 14.2 Å². The topological polar surface area (TPSA) is 65.0 Å². The molecule has 0 heterocycles. The van der Waals surface area contributed by atoms with Gasteiger partial charge in [-0.3, -0.25) is 0 Å². The van der Waals surface area contributed by atoms with Crippen LogP contribution >= 0.6 is 0 Å². The number of benzene rings is 1. The van der Waals surface area contributed by atoms with Crippen molar-refractivity contribution in [3.05, 3.63) is 41.5 Å². The Balaban J connectivity index is 0.00000289. The number of esters is 1. The minimum atomic E-state index is -2.08. The molecular weight excluding hydrogens is 444 g/mol. The Hall–Kier alpha value is -1.47. The lowest BCUT2D eigenvalue weighted by Crippen LogP contribution is -2.39. The molecule has 0 aliphatic heterocycles. The monoisotopic (exact) mass is 492 g/mol. The fourth-order valence-corrected chi connectivity index (χ4v) is 6.53. The summed E-state index contributed by atoms with van der Waals surface area (Å²) in [4.78, 5) is 12.3. The molecule has 2 saturated carbocycles. The van der Waals surface area contributed by atoms with Gasteiger partial charge in [0, 0.05) is 20.3 Å². The lowest BCUT2D eigenvalue weighted by atomic mass is 9.84. The molecule has 0 bridgehead atoms. The Morgan fingerprint density at radius 1 is 1.03 bits per heavy atom. The van der Waals surface area contributed by atoms with Crippen LogP contribution in [0.4, 0.5) is 0 Å². The Bertz CT molecular complexity index is 738. The van der Waals surface area contributed by atoms with Crippen molar-refractivity contribution in [1.29, 1.82) is 0 Å². The van der Waals surface area contributed by atoms with Gasteiger partial charge in [0.05, 0.1) is 6.10 Å². The van der Waals surface area contributed by atoms with E-state index in [0.717, 1.165) is 24.4 Å². The van der Waals surface area contributed by atoms with E-state index in [4.69, 9.17) is 13.6 Å². The molecule has 2 fully saturated rings. The molecule has 194 valence electrons. The standard InChI is InChI=1S/C26H40O5Si.2CH4/c1-29-32(3,30-2)18-17-21-11-15-25(24(27)19-21)31-26(28)16-12-20-9-13-23(14-10-20)22-7-5-4-6-8-22;;/h9-10,12-14,16,21-22,24-25,27H,4-8,11,15,17-19H2,1-3H3;2*1H4/b16-12+;;. The summed E-state index contributed by atoms with van der Waals surface area (Å²) in [6.45, 7) is 2.06. The largest absolute Gasteiger partial charge is 0.456 e. The highest BCUT2D eigenvalue weighted by Gasteiger charge is 2.34. The third-order valence-corrected chi connectivity index (χ3v) is 10.4. The van der Waals surface area contributed by atoms with Crippen LogP contribution in [-0.4, -0.2) is 46.1 Å². The van der Waals surface area contributed by atoms with Crippen LogP contribution in [0.2, 0.25) is 12.6 Å². The van der Waals surface area contributed by atoms with E-state index in [2.05, 4.69) is 30.8 Å². The second-order valence-corrected chi connectivity index (χ2v) is 13.2. The van der Waals surface area contributed by atoms with Crippen molar-refractivity contribution in [1.82, 2.24) is 0 Å². The minimum Gasteiger partial charge on any atom is -0.456 e. The number of ether oxygens (including phenoxy) is 1. The molecule has 0 spiro atoms. The zero-order valence-corrected chi connectivity index (χ0v) is 20.9. The molecular formula is C28H48O5Si. The maximum atomic E-state index is 12.3. The zero-order valence-electron chi connectivity index (χ0n) is 19.9. The summed E-state index contributed by atoms with van der Waals surface area (Å²) in [5, 5.41) is 10.5. The third kappa shape index (κ3) is 8.95. The van der Waals surface area contributed by atoms with Crippen LogP contribution in [0.1, 0.15) is 89.7 Å². The van der Waals surface area contributed by atoms with Gasteiger partial charge in [-0.1, -0.05) is 58.4 Å². The van der Waals surface area contributed by atoms with Gasteiger partial charge in [-0.2, -0.15) is 0 Å². The van der Waals surface area contributed by atoms with Crippen molar-refractivity contribution in [2.24, 2.45) is 5.92 Å². The highest BCUT2D eigenvalue weighted by Crippen LogP contribution is 2.33. The third-order valence-electron chi connectivity index (χ3n) is 7.43. The lowest BCUT2D eigenvalue weighted by molar-refractivity contribution is -0.152. The molecule has 3 rings (SSSR count). The smallest absolute Gasteiger partial charge is 0.334 e. The maximum absolute atomic E-state index is 12.3. The first kappa shape index (κ1) is 30.6. The number of carbonyl (C=O) groups excluding carboxylic acids is 1. The van der Waals surface area contributed by atoms with Crippen LogP contribution in [0.25, 0.3) is 6.08 Å². The van der Waals surface area contributed by atoms with Crippen LogP contribution in [0, 0.1) is 5.92 Å². The number of rotatable bonds is 9. The second-order valence-electron chi connectivity index (χ2n) is 9.64. The Kier molecular flexibility index (Phi) is 13.3. The van der Waals surface area contributed by atoms with Crippen molar-refractivity contribution in [3.8, 4) is 0 Å². The van der Waals surface area contributed by atoms with Crippen molar-refractivity contribution < 1.29 is 23.5 Å². The lowest BCUT2D eigenvalue weighted by Gasteiger charge is -2.33. The summed E-state index contributed by atoms with van der Waals surface area (Å²) >= 11 is 0. The van der Waals surface area contributed by atoms with E-state index < -0.39 is 20.8 Å². The van der Waals surface area contributed by atoms with Gasteiger partial charge in [-0.15, -0.1) is 0 Å². The van der Waals surface area contributed by atoms with Crippen LogP contribution < -0.4 is 0 Å². The normalized spacial score (nSPS) is 23.7. The molecule has 2 aliphatic carbocycles. The highest BCUT2D eigenvalue weighted by atomic mass is 28.4. The Morgan fingerprint density at radius 3 is 2.26 bits per heavy atom. The molecule has 3 atom stereocenters. The first-order chi connectivity index (χ1) is 15.4. The molecule has 1 N–H and O–H groups in total. The van der Waals surface area contributed by atoms with Crippen molar-refractivity contribution in [3.63, 3.8) is 0 Å². The van der Waals surface area contributed by atoms with Gasteiger partial charge >= 0.3 is 14.5 Å². The fourth-order valence-electron chi connectivity index (χ4n) is 5.02. The van der Waals surface area contributed by atoms with E-state index in [9.17, 15) is 9.90 Å². The van der Waals surface area contributed by atoms with E-state index in [0.29, 0.717) is 24.7 Å². The summed E-state index contributed by atoms with van der Waals surface area (Å²) < 4.78 is 16.7. The van der Waals surface area contributed by atoms with Gasteiger partial charge in [0.1, 0.15) is 6.10 Å². The molecule has 3 unspecified atom stereocenters. The number of aliphatic hydroxyl groups excluding tert-OH is 1. The zero-order chi connectivity index (χ0) is 23.0. The summed E-state index contributed by atoms with van der Waals surface area (Å²) in [7, 11) is 1.34. The van der Waals surface area contributed by atoms with Gasteiger partial charge < -0.3 is 18.7 Å². The molecule has 0 amide bonds. The number of carbonyl (C=O) groups is 1. The first-order valence-electron chi connectivity index (χ1n) is 12.2. The quantitative estimate of drug-likeness (QED) is 0.232. The molecule has 0 radical (unpaired) electrons. The van der Waals surface area contributed by atoms with Gasteiger partial charge in [0.25, 0.3) is 0 Å². The average molecular weight is 493 g/mol. The summed E-state index contributed by atoms with van der Waals surface area (Å²) in [6.07, 6.45) is 12.1. The molecule has 0 saturated heterocycles. The number of hydrogen-bond acceptors (Lipinski definition) is 5. The average Bonchev–Trinajstić information content (AvgIpc) is 2.83. The summed E-state index contributed by atoms with van der Waals surface area (Å²) in [5.41, 5.74) is 2.40. The van der Waals surface area contributed by atoms with Gasteiger partial charge in [0.2, 0.25) is 0 Å². The molecule has 1 aromatic rings. The predicted octanol–water partition coefficient (Wildman–Crippen LogP) is 6.85. The summed E-state index contributed by atoms with van der Waals surface area (Å²) in [5.74, 6) is 0.710.